The Morgan fingerprint density at radius 1 is 1.47 bits per heavy atom. The van der Waals surface area contributed by atoms with Gasteiger partial charge >= 0.3 is 0 Å². The molecule has 2 rings (SSSR count). The lowest BCUT2D eigenvalue weighted by molar-refractivity contribution is 0.420. The molecule has 1 fully saturated rings. The van der Waals surface area contributed by atoms with Crippen LogP contribution in [-0.2, 0) is 0 Å². The fourth-order valence-electron chi connectivity index (χ4n) is 2.17. The molecular formula is C13H16FN3. The Morgan fingerprint density at radius 2 is 2.24 bits per heavy atom. The van der Waals surface area contributed by atoms with Crippen LogP contribution in [0.1, 0.15) is 19.4 Å². The molecule has 1 saturated heterocycles. The molecule has 1 aromatic rings. The molecule has 0 radical (unpaired) electrons. The molecule has 2 atom stereocenters. The Morgan fingerprint density at radius 3 is 2.88 bits per heavy atom. The van der Waals surface area contributed by atoms with E-state index in [0.717, 1.165) is 13.1 Å². The van der Waals surface area contributed by atoms with E-state index in [9.17, 15) is 4.39 Å². The molecule has 1 N–H and O–H groups in total. The first-order chi connectivity index (χ1) is 8.11. The maximum absolute atomic E-state index is 13.9. The van der Waals surface area contributed by atoms with Crippen LogP contribution in [0.2, 0.25) is 0 Å². The maximum atomic E-state index is 13.9. The van der Waals surface area contributed by atoms with E-state index in [1.165, 1.54) is 6.07 Å². The minimum Gasteiger partial charge on any atom is -0.364 e. The van der Waals surface area contributed by atoms with Crippen molar-refractivity contribution >= 4 is 5.69 Å². The van der Waals surface area contributed by atoms with Gasteiger partial charge < -0.3 is 10.2 Å². The maximum Gasteiger partial charge on any atom is 0.147 e. The minimum atomic E-state index is -0.315. The van der Waals surface area contributed by atoms with Crippen molar-refractivity contribution < 1.29 is 4.39 Å². The Bertz CT molecular complexity index is 452. The van der Waals surface area contributed by atoms with Crippen molar-refractivity contribution in [2.75, 3.05) is 18.0 Å². The summed E-state index contributed by atoms with van der Waals surface area (Å²) in [5.74, 6) is -0.315. The van der Waals surface area contributed by atoms with E-state index in [-0.39, 0.29) is 11.9 Å². The summed E-state index contributed by atoms with van der Waals surface area (Å²) in [6, 6.07) is 7.22. The van der Waals surface area contributed by atoms with Crippen LogP contribution < -0.4 is 10.2 Å². The highest BCUT2D eigenvalue weighted by molar-refractivity contribution is 5.52. The lowest BCUT2D eigenvalue weighted by atomic mass is 10.1. The molecule has 90 valence electrons. The highest BCUT2D eigenvalue weighted by atomic mass is 19.1. The molecule has 1 aromatic carbocycles. The van der Waals surface area contributed by atoms with Gasteiger partial charge in [0.1, 0.15) is 5.82 Å². The second kappa shape index (κ2) is 4.72. The van der Waals surface area contributed by atoms with Crippen LogP contribution in [-0.4, -0.2) is 25.2 Å². The molecule has 0 amide bonds. The fraction of sp³-hybridized carbons (Fsp3) is 0.462. The molecule has 0 aromatic heterocycles. The molecule has 1 heterocycles. The number of nitrogens with zero attached hydrogens (tertiary/aromatic N) is 2. The highest BCUT2D eigenvalue weighted by Crippen LogP contribution is 2.24. The quantitative estimate of drug-likeness (QED) is 0.805. The van der Waals surface area contributed by atoms with Crippen molar-refractivity contribution in [3.05, 3.63) is 29.6 Å². The van der Waals surface area contributed by atoms with E-state index < -0.39 is 0 Å². The molecule has 0 aliphatic carbocycles. The number of anilines is 1. The van der Waals surface area contributed by atoms with Crippen molar-refractivity contribution in [3.63, 3.8) is 0 Å². The molecule has 17 heavy (non-hydrogen) atoms. The van der Waals surface area contributed by atoms with Gasteiger partial charge in [-0.05, 0) is 32.0 Å². The fourth-order valence-corrected chi connectivity index (χ4v) is 2.17. The van der Waals surface area contributed by atoms with Gasteiger partial charge in [0, 0.05) is 25.2 Å². The second-order valence-electron chi connectivity index (χ2n) is 4.59. The zero-order valence-corrected chi connectivity index (χ0v) is 10.1. The standard InChI is InChI=1S/C13H16FN3/c1-9-8-17(10(2)7-16-9)13-4-3-11(6-15)5-12(13)14/h3-5,9-10,16H,7-8H2,1-2H3. The summed E-state index contributed by atoms with van der Waals surface area (Å²) in [4.78, 5) is 2.05. The first-order valence-corrected chi connectivity index (χ1v) is 5.81. The third-order valence-electron chi connectivity index (χ3n) is 3.15. The zero-order chi connectivity index (χ0) is 12.4. The van der Waals surface area contributed by atoms with Crippen LogP contribution in [0.3, 0.4) is 0 Å². The van der Waals surface area contributed by atoms with Crippen molar-refractivity contribution in [2.24, 2.45) is 0 Å². The van der Waals surface area contributed by atoms with Gasteiger partial charge in [0.2, 0.25) is 0 Å². The van der Waals surface area contributed by atoms with Crippen LogP contribution in [0.4, 0.5) is 10.1 Å². The first-order valence-electron chi connectivity index (χ1n) is 5.81. The van der Waals surface area contributed by atoms with E-state index in [1.807, 2.05) is 6.07 Å². The molecule has 4 heteroatoms. The van der Waals surface area contributed by atoms with E-state index >= 15 is 0 Å². The van der Waals surface area contributed by atoms with Crippen molar-refractivity contribution in [3.8, 4) is 6.07 Å². The number of piperazine rings is 1. The van der Waals surface area contributed by atoms with Crippen LogP contribution in [0.5, 0.6) is 0 Å². The Balaban J connectivity index is 2.30. The lowest BCUT2D eigenvalue weighted by Crippen LogP contribution is -2.54. The smallest absolute Gasteiger partial charge is 0.147 e. The van der Waals surface area contributed by atoms with Crippen molar-refractivity contribution in [1.29, 1.82) is 5.26 Å². The van der Waals surface area contributed by atoms with Crippen LogP contribution >= 0.6 is 0 Å². The second-order valence-corrected chi connectivity index (χ2v) is 4.59. The monoisotopic (exact) mass is 233 g/mol. The average molecular weight is 233 g/mol. The van der Waals surface area contributed by atoms with E-state index in [4.69, 9.17) is 5.26 Å². The Kier molecular flexibility index (Phi) is 3.30. The number of rotatable bonds is 1. The summed E-state index contributed by atoms with van der Waals surface area (Å²) in [6.45, 7) is 5.78. The largest absolute Gasteiger partial charge is 0.364 e. The topological polar surface area (TPSA) is 39.1 Å². The molecule has 0 saturated carbocycles. The molecule has 0 spiro atoms. The van der Waals surface area contributed by atoms with Crippen LogP contribution in [0, 0.1) is 17.1 Å². The lowest BCUT2D eigenvalue weighted by Gasteiger charge is -2.39. The SMILES string of the molecule is CC1CN(c2ccc(C#N)cc2F)C(C)CN1. The summed E-state index contributed by atoms with van der Waals surface area (Å²) >= 11 is 0. The summed E-state index contributed by atoms with van der Waals surface area (Å²) in [5, 5.41) is 12.1. The van der Waals surface area contributed by atoms with Gasteiger partial charge in [-0.1, -0.05) is 0 Å². The summed E-state index contributed by atoms with van der Waals surface area (Å²) in [6.07, 6.45) is 0. The summed E-state index contributed by atoms with van der Waals surface area (Å²) in [5.41, 5.74) is 0.951. The van der Waals surface area contributed by atoms with Gasteiger partial charge in [0.25, 0.3) is 0 Å². The molecular weight excluding hydrogens is 217 g/mol. The van der Waals surface area contributed by atoms with Crippen molar-refractivity contribution in [1.82, 2.24) is 5.32 Å². The van der Waals surface area contributed by atoms with E-state index in [0.29, 0.717) is 17.3 Å². The predicted octanol–water partition coefficient (Wildman–Crippen LogP) is 1.88. The van der Waals surface area contributed by atoms with E-state index in [2.05, 4.69) is 24.1 Å². The van der Waals surface area contributed by atoms with Gasteiger partial charge in [-0.25, -0.2) is 4.39 Å². The normalized spacial score (nSPS) is 24.5. The van der Waals surface area contributed by atoms with Gasteiger partial charge in [-0.3, -0.25) is 0 Å². The Hall–Kier alpha value is -1.60. The summed E-state index contributed by atoms with van der Waals surface area (Å²) < 4.78 is 13.9. The number of nitriles is 1. The number of hydrogen-bond donors (Lipinski definition) is 1. The minimum absolute atomic E-state index is 0.258. The predicted molar refractivity (Wildman–Crippen MR) is 65.4 cm³/mol. The van der Waals surface area contributed by atoms with Gasteiger partial charge in [0.15, 0.2) is 0 Å². The molecule has 1 aliphatic rings. The first kappa shape index (κ1) is 11.9. The third kappa shape index (κ3) is 2.40. The number of halogens is 1. The van der Waals surface area contributed by atoms with Gasteiger partial charge in [-0.2, -0.15) is 5.26 Å². The number of hydrogen-bond acceptors (Lipinski definition) is 3. The van der Waals surface area contributed by atoms with Crippen molar-refractivity contribution in [2.45, 2.75) is 25.9 Å². The highest BCUT2D eigenvalue weighted by Gasteiger charge is 2.24. The van der Waals surface area contributed by atoms with Crippen LogP contribution in [0.15, 0.2) is 18.2 Å². The van der Waals surface area contributed by atoms with Crippen LogP contribution in [0.25, 0.3) is 0 Å². The zero-order valence-electron chi connectivity index (χ0n) is 10.1. The number of benzene rings is 1. The number of nitrogens with one attached hydrogen (secondary N) is 1. The molecule has 2 unspecified atom stereocenters. The summed E-state index contributed by atoms with van der Waals surface area (Å²) in [7, 11) is 0. The molecule has 0 bridgehead atoms. The Labute approximate surface area is 101 Å². The molecule has 3 nitrogen and oxygen atoms in total. The molecule has 1 aliphatic heterocycles. The van der Waals surface area contributed by atoms with Gasteiger partial charge in [0.05, 0.1) is 17.3 Å². The average Bonchev–Trinajstić information content (AvgIpc) is 2.32. The van der Waals surface area contributed by atoms with Gasteiger partial charge in [-0.15, -0.1) is 0 Å². The third-order valence-corrected chi connectivity index (χ3v) is 3.15. The van der Waals surface area contributed by atoms with E-state index in [1.54, 1.807) is 12.1 Å².